The number of carboxylic acids is 2. The number of ether oxygens (including phenoxy) is 2. The van der Waals surface area contributed by atoms with Crippen molar-refractivity contribution in [3.05, 3.63) is 95.1 Å². The summed E-state index contributed by atoms with van der Waals surface area (Å²) in [7, 11) is 0. The molecule has 0 radical (unpaired) electrons. The Balaban J connectivity index is 1.55. The maximum absolute atomic E-state index is 12.3. The highest BCUT2D eigenvalue weighted by molar-refractivity contribution is 7.99. The number of aliphatic hydroxyl groups is 1. The molecular formula is C31H33NO8S. The molecule has 1 saturated heterocycles. The molecule has 3 aromatic rings. The van der Waals surface area contributed by atoms with Gasteiger partial charge in [0.2, 0.25) is 5.91 Å². The lowest BCUT2D eigenvalue weighted by atomic mass is 9.91. The summed E-state index contributed by atoms with van der Waals surface area (Å²) >= 11 is 1.41. The zero-order valence-corrected chi connectivity index (χ0v) is 23.4. The second-order valence-corrected chi connectivity index (χ2v) is 10.9. The van der Waals surface area contributed by atoms with Crippen LogP contribution in [0.15, 0.2) is 77.7 Å². The molecule has 1 aliphatic heterocycles. The Hall–Kier alpha value is -3.70. The minimum atomic E-state index is -0.990. The lowest BCUT2D eigenvalue weighted by molar-refractivity contribution is -0.268. The van der Waals surface area contributed by atoms with Gasteiger partial charge in [-0.1, -0.05) is 55.5 Å². The van der Waals surface area contributed by atoms with Gasteiger partial charge in [0, 0.05) is 40.7 Å². The van der Waals surface area contributed by atoms with E-state index in [0.717, 1.165) is 11.1 Å². The number of amides is 1. The first-order valence-corrected chi connectivity index (χ1v) is 14.3. The minimum absolute atomic E-state index is 0.0653. The van der Waals surface area contributed by atoms with Gasteiger partial charge in [0.1, 0.15) is 0 Å². The fourth-order valence-corrected chi connectivity index (χ4v) is 5.85. The van der Waals surface area contributed by atoms with Crippen molar-refractivity contribution in [1.29, 1.82) is 0 Å². The van der Waals surface area contributed by atoms with Crippen molar-refractivity contribution in [2.45, 2.75) is 56.2 Å². The maximum atomic E-state index is 12.3. The van der Waals surface area contributed by atoms with Crippen LogP contribution >= 0.6 is 11.8 Å². The third-order valence-electron chi connectivity index (χ3n) is 6.88. The molecule has 9 nitrogen and oxygen atoms in total. The van der Waals surface area contributed by atoms with Crippen LogP contribution in [0.25, 0.3) is 0 Å². The smallest absolute Gasteiger partial charge is 0.336 e. The van der Waals surface area contributed by atoms with Crippen LogP contribution in [-0.4, -0.2) is 45.0 Å². The fourth-order valence-electron chi connectivity index (χ4n) is 4.64. The molecule has 41 heavy (non-hydrogen) atoms. The highest BCUT2D eigenvalue weighted by Crippen LogP contribution is 2.43. The lowest BCUT2D eigenvalue weighted by Crippen LogP contribution is -2.38. The molecular weight excluding hydrogens is 546 g/mol. The number of carbonyl (C=O) groups is 3. The number of nitrogens with one attached hydrogen (secondary N) is 1. The first-order chi connectivity index (χ1) is 19.7. The number of aliphatic hydroxyl groups excluding tert-OH is 1. The quantitative estimate of drug-likeness (QED) is 0.200. The molecule has 1 heterocycles. The van der Waals surface area contributed by atoms with Crippen LogP contribution in [0.2, 0.25) is 0 Å². The lowest BCUT2D eigenvalue weighted by Gasteiger charge is -2.41. The highest BCUT2D eigenvalue weighted by Gasteiger charge is 2.38. The number of hydrogen-bond acceptors (Lipinski definition) is 7. The normalized spacial score (nSPS) is 20.3. The monoisotopic (exact) mass is 579 g/mol. The molecule has 3 aromatic carbocycles. The van der Waals surface area contributed by atoms with Gasteiger partial charge in [0.05, 0.1) is 24.4 Å². The Labute approximate surface area is 242 Å². The third kappa shape index (κ3) is 8.17. The molecule has 0 unspecified atom stereocenters. The Kier molecular flexibility index (Phi) is 10.5. The van der Waals surface area contributed by atoms with Crippen molar-refractivity contribution in [3.8, 4) is 0 Å². The van der Waals surface area contributed by atoms with E-state index in [1.165, 1.54) is 11.8 Å². The summed E-state index contributed by atoms with van der Waals surface area (Å²) in [6.07, 6.45) is -1.17. The van der Waals surface area contributed by atoms with Crippen LogP contribution in [-0.2, 0) is 25.7 Å². The van der Waals surface area contributed by atoms with E-state index in [-0.39, 0.29) is 55.5 Å². The molecule has 0 aromatic heterocycles. The van der Waals surface area contributed by atoms with E-state index in [0.29, 0.717) is 21.9 Å². The van der Waals surface area contributed by atoms with Gasteiger partial charge in [-0.2, -0.15) is 0 Å². The summed E-state index contributed by atoms with van der Waals surface area (Å²) in [6.45, 7) is 1.97. The molecule has 1 aliphatic rings. The summed E-state index contributed by atoms with van der Waals surface area (Å²) in [6, 6.07) is 21.5. The Bertz CT molecular complexity index is 1360. The summed E-state index contributed by atoms with van der Waals surface area (Å²) < 4.78 is 12.9. The number of carboxylic acid groups (broad SMARTS) is 2. The van der Waals surface area contributed by atoms with E-state index < -0.39 is 18.2 Å². The minimum Gasteiger partial charge on any atom is -0.481 e. The Morgan fingerprint density at radius 1 is 0.902 bits per heavy atom. The van der Waals surface area contributed by atoms with E-state index >= 15 is 0 Å². The van der Waals surface area contributed by atoms with Gasteiger partial charge in [0.25, 0.3) is 0 Å². The van der Waals surface area contributed by atoms with Gasteiger partial charge in [-0.3, -0.25) is 9.59 Å². The van der Waals surface area contributed by atoms with E-state index in [4.69, 9.17) is 14.6 Å². The molecule has 4 rings (SSSR count). The van der Waals surface area contributed by atoms with Gasteiger partial charge in [-0.25, -0.2) is 4.79 Å². The number of rotatable bonds is 12. The fraction of sp³-hybridized carbons (Fsp3) is 0.323. The molecule has 1 amide bonds. The van der Waals surface area contributed by atoms with E-state index in [1.807, 2.05) is 37.3 Å². The van der Waals surface area contributed by atoms with Crippen molar-refractivity contribution in [2.75, 3.05) is 11.1 Å². The van der Waals surface area contributed by atoms with Gasteiger partial charge in [-0.05, 0) is 41.8 Å². The van der Waals surface area contributed by atoms with Crippen LogP contribution in [0.5, 0.6) is 0 Å². The Morgan fingerprint density at radius 2 is 1.66 bits per heavy atom. The first kappa shape index (κ1) is 30.3. The van der Waals surface area contributed by atoms with Crippen molar-refractivity contribution in [1.82, 2.24) is 0 Å². The molecule has 216 valence electrons. The van der Waals surface area contributed by atoms with Crippen LogP contribution in [0.1, 0.15) is 65.6 Å². The molecule has 0 saturated carbocycles. The number of thioether (sulfide) groups is 1. The van der Waals surface area contributed by atoms with Crippen molar-refractivity contribution >= 4 is 35.3 Å². The average molecular weight is 580 g/mol. The molecule has 10 heteroatoms. The van der Waals surface area contributed by atoms with Gasteiger partial charge in [-0.15, -0.1) is 11.8 Å². The summed E-state index contributed by atoms with van der Waals surface area (Å²) in [5.74, 6) is -1.82. The highest BCUT2D eigenvalue weighted by atomic mass is 32.2. The number of anilines is 1. The van der Waals surface area contributed by atoms with E-state index in [2.05, 4.69) is 5.32 Å². The maximum Gasteiger partial charge on any atom is 0.336 e. The Morgan fingerprint density at radius 3 is 2.37 bits per heavy atom. The predicted molar refractivity (Wildman–Crippen MR) is 154 cm³/mol. The van der Waals surface area contributed by atoms with Gasteiger partial charge >= 0.3 is 11.9 Å². The zero-order chi connectivity index (χ0) is 29.4. The standard InChI is InChI=1S/C31H33NO8S/c1-19-25(18-41-26-9-3-2-8-24(26)30(37)38)39-31(40-29(19)21-14-12-20(17-33)13-15-21)22-6-4-7-23(16-22)32-27(34)10-5-11-28(35)36/h2-4,6-9,12-16,19,25,29,31,33H,5,10-11,17-18H2,1H3,(H,32,34)(H,35,36)(H,37,38)/t19-,25+,29+,31+/m0/s1. The summed E-state index contributed by atoms with van der Waals surface area (Å²) in [5.41, 5.74) is 3.18. The first-order valence-electron chi connectivity index (χ1n) is 13.3. The van der Waals surface area contributed by atoms with Crippen LogP contribution in [0, 0.1) is 5.92 Å². The van der Waals surface area contributed by atoms with Gasteiger partial charge in [0.15, 0.2) is 6.29 Å². The predicted octanol–water partition coefficient (Wildman–Crippen LogP) is 5.65. The van der Waals surface area contributed by atoms with Gasteiger partial charge < -0.3 is 30.1 Å². The van der Waals surface area contributed by atoms with E-state index in [9.17, 15) is 24.6 Å². The topological polar surface area (TPSA) is 142 Å². The molecule has 0 bridgehead atoms. The largest absolute Gasteiger partial charge is 0.481 e. The number of carbonyl (C=O) groups excluding carboxylic acids is 1. The van der Waals surface area contributed by atoms with E-state index in [1.54, 1.807) is 42.5 Å². The average Bonchev–Trinajstić information content (AvgIpc) is 2.96. The SMILES string of the molecule is C[C@H]1[C@@H](CSc2ccccc2C(=O)O)O[C@@H](c2cccc(NC(=O)CCCC(=O)O)c2)O[C@H]1c1ccc(CO)cc1. The molecule has 1 fully saturated rings. The number of benzene rings is 3. The number of aliphatic carboxylic acids is 1. The second kappa shape index (κ2) is 14.3. The second-order valence-electron chi connectivity index (χ2n) is 9.86. The van der Waals surface area contributed by atoms with Crippen LogP contribution in [0.3, 0.4) is 0 Å². The molecule has 4 N–H and O–H groups in total. The molecule has 0 spiro atoms. The van der Waals surface area contributed by atoms with Crippen molar-refractivity contribution < 1.29 is 39.2 Å². The summed E-state index contributed by atoms with van der Waals surface area (Å²) in [5, 5.41) is 30.7. The molecule has 4 atom stereocenters. The molecule has 0 aliphatic carbocycles. The number of hydrogen-bond donors (Lipinski definition) is 4. The van der Waals surface area contributed by atoms with Crippen molar-refractivity contribution in [2.24, 2.45) is 5.92 Å². The van der Waals surface area contributed by atoms with Crippen LogP contribution in [0.4, 0.5) is 5.69 Å². The van der Waals surface area contributed by atoms with Crippen molar-refractivity contribution in [3.63, 3.8) is 0 Å². The third-order valence-corrected chi connectivity index (χ3v) is 8.04. The summed E-state index contributed by atoms with van der Waals surface area (Å²) in [4.78, 5) is 35.4. The zero-order valence-electron chi connectivity index (χ0n) is 22.6. The number of aromatic carboxylic acids is 1. The van der Waals surface area contributed by atoms with Crippen LogP contribution < -0.4 is 5.32 Å².